The van der Waals surface area contributed by atoms with Gasteiger partial charge in [-0.1, -0.05) is 13.5 Å². The molecule has 4 amide bonds. The molecule has 0 spiro atoms. The third-order valence-electron chi connectivity index (χ3n) is 5.79. The lowest BCUT2D eigenvalue weighted by atomic mass is 10.1. The Hall–Kier alpha value is -4.20. The van der Waals surface area contributed by atoms with E-state index < -0.39 is 46.7 Å². The van der Waals surface area contributed by atoms with Gasteiger partial charge in [-0.25, -0.2) is 0 Å². The van der Waals surface area contributed by atoms with Gasteiger partial charge in [-0.3, -0.25) is 29.3 Å². The average Bonchev–Trinajstić information content (AvgIpc) is 2.88. The van der Waals surface area contributed by atoms with Crippen LogP contribution in [0.25, 0.3) is 0 Å². The summed E-state index contributed by atoms with van der Waals surface area (Å²) in [5, 5.41) is 30.9. The molecular formula is C24H34N6O8. The number of aliphatic hydroxyl groups is 1. The molecule has 38 heavy (non-hydrogen) atoms. The molecule has 14 nitrogen and oxygen atoms in total. The van der Waals surface area contributed by atoms with Crippen LogP contribution in [0.1, 0.15) is 49.4 Å². The molecule has 0 aliphatic carbocycles. The number of hydrogen-bond donors (Lipinski definition) is 6. The summed E-state index contributed by atoms with van der Waals surface area (Å²) in [6.45, 7) is 4.94. The molecule has 0 saturated carbocycles. The van der Waals surface area contributed by atoms with Crippen molar-refractivity contribution in [3.63, 3.8) is 0 Å². The Bertz CT molecular complexity index is 1060. The highest BCUT2D eigenvalue weighted by atomic mass is 16.6. The first-order valence-electron chi connectivity index (χ1n) is 12.2. The number of nitro groups is 1. The van der Waals surface area contributed by atoms with Gasteiger partial charge in [0.05, 0.1) is 23.6 Å². The standard InChI is InChI=1S/C24H34N6O8/c1-3-17-23(34)28-18(6-4-5-10-25)24(35)29-19(22(33)26-13-14(2)31)9-11-38-20-8-7-15(30(36)37)12-16(20)21(32)27-17/h7-8,12,17-19,31H,2-6,9-11,13,25H2,1H3,(H,26,33)(H,27,32)(H,28,34)(H,29,35)/t17-,18?,19?/m0/s1. The fraction of sp³-hybridized carbons (Fsp3) is 0.500. The average molecular weight is 535 g/mol. The van der Waals surface area contributed by atoms with Gasteiger partial charge in [0.1, 0.15) is 29.6 Å². The number of nitrogens with two attached hydrogens (primary N) is 1. The number of benzene rings is 1. The van der Waals surface area contributed by atoms with Crippen LogP contribution in [0.5, 0.6) is 5.75 Å². The second kappa shape index (κ2) is 14.5. The first kappa shape index (κ1) is 30.0. The molecule has 1 aromatic carbocycles. The minimum atomic E-state index is -1.13. The molecule has 2 unspecified atom stereocenters. The molecule has 1 aromatic rings. The highest BCUT2D eigenvalue weighted by Gasteiger charge is 2.30. The lowest BCUT2D eigenvalue weighted by Crippen LogP contribution is -2.57. The van der Waals surface area contributed by atoms with E-state index in [0.717, 1.165) is 12.1 Å². The number of fused-ring (bicyclic) bond motifs is 1. The number of carbonyl (C=O) groups is 4. The molecule has 0 radical (unpaired) electrons. The summed E-state index contributed by atoms with van der Waals surface area (Å²) < 4.78 is 5.68. The smallest absolute Gasteiger partial charge is 0.270 e. The second-order valence-corrected chi connectivity index (χ2v) is 8.70. The van der Waals surface area contributed by atoms with Crippen molar-refractivity contribution < 1.29 is 33.9 Å². The van der Waals surface area contributed by atoms with E-state index in [-0.39, 0.29) is 55.2 Å². The van der Waals surface area contributed by atoms with Gasteiger partial charge >= 0.3 is 0 Å². The van der Waals surface area contributed by atoms with E-state index in [4.69, 9.17) is 10.5 Å². The van der Waals surface area contributed by atoms with Crippen LogP contribution in [0.15, 0.2) is 30.5 Å². The van der Waals surface area contributed by atoms with Crippen LogP contribution in [-0.4, -0.2) is 71.5 Å². The zero-order valence-corrected chi connectivity index (χ0v) is 21.2. The number of carbonyl (C=O) groups excluding carboxylic acids is 4. The zero-order valence-electron chi connectivity index (χ0n) is 21.2. The van der Waals surface area contributed by atoms with Crippen LogP contribution >= 0.6 is 0 Å². The van der Waals surface area contributed by atoms with Crippen molar-refractivity contribution in [3.8, 4) is 5.75 Å². The van der Waals surface area contributed by atoms with Gasteiger partial charge in [-0.2, -0.15) is 0 Å². The van der Waals surface area contributed by atoms with Gasteiger partial charge in [-0.15, -0.1) is 0 Å². The Morgan fingerprint density at radius 1 is 1.21 bits per heavy atom. The summed E-state index contributed by atoms with van der Waals surface area (Å²) in [5.41, 5.74) is 5.04. The fourth-order valence-corrected chi connectivity index (χ4v) is 3.70. The number of ether oxygens (including phenoxy) is 1. The molecule has 1 aliphatic heterocycles. The van der Waals surface area contributed by atoms with Crippen molar-refractivity contribution in [2.75, 3.05) is 19.7 Å². The third kappa shape index (κ3) is 8.73. The summed E-state index contributed by atoms with van der Waals surface area (Å²) in [7, 11) is 0. The molecule has 0 aromatic heterocycles. The predicted octanol–water partition coefficient (Wildman–Crippen LogP) is 0.172. The van der Waals surface area contributed by atoms with Crippen molar-refractivity contribution in [2.24, 2.45) is 5.73 Å². The number of hydrogen-bond acceptors (Lipinski definition) is 9. The number of rotatable bonds is 9. The monoisotopic (exact) mass is 534 g/mol. The van der Waals surface area contributed by atoms with Gasteiger partial charge in [0.2, 0.25) is 17.7 Å². The number of non-ortho nitro benzene ring substituents is 1. The zero-order chi connectivity index (χ0) is 28.2. The van der Waals surface area contributed by atoms with E-state index in [9.17, 15) is 34.4 Å². The van der Waals surface area contributed by atoms with Crippen LogP contribution in [0, 0.1) is 10.1 Å². The first-order chi connectivity index (χ1) is 18.1. The molecule has 208 valence electrons. The number of unbranched alkanes of at least 4 members (excludes halogenated alkanes) is 1. The van der Waals surface area contributed by atoms with Gasteiger partial charge < -0.3 is 36.8 Å². The number of nitro benzene ring substituents is 1. The molecular weight excluding hydrogens is 500 g/mol. The number of nitrogens with zero attached hydrogens (tertiary/aromatic N) is 1. The van der Waals surface area contributed by atoms with Crippen molar-refractivity contribution in [1.29, 1.82) is 0 Å². The van der Waals surface area contributed by atoms with Crippen molar-refractivity contribution >= 4 is 29.3 Å². The maximum atomic E-state index is 13.1. The van der Waals surface area contributed by atoms with E-state index in [0.29, 0.717) is 19.4 Å². The quantitative estimate of drug-likeness (QED) is 0.110. The summed E-state index contributed by atoms with van der Waals surface area (Å²) >= 11 is 0. The lowest BCUT2D eigenvalue weighted by molar-refractivity contribution is -0.384. The molecule has 2 rings (SSSR count). The Morgan fingerprint density at radius 2 is 1.92 bits per heavy atom. The molecule has 0 fully saturated rings. The first-order valence-corrected chi connectivity index (χ1v) is 12.2. The van der Waals surface area contributed by atoms with E-state index in [1.807, 2.05) is 0 Å². The molecule has 0 bridgehead atoms. The Labute approximate surface area is 219 Å². The second-order valence-electron chi connectivity index (χ2n) is 8.70. The van der Waals surface area contributed by atoms with Crippen LogP contribution in [0.3, 0.4) is 0 Å². The summed E-state index contributed by atoms with van der Waals surface area (Å²) in [6.07, 6.45) is 1.44. The van der Waals surface area contributed by atoms with Crippen molar-refractivity contribution in [1.82, 2.24) is 21.3 Å². The number of nitrogens with one attached hydrogen (secondary N) is 4. The van der Waals surface area contributed by atoms with E-state index in [1.165, 1.54) is 6.07 Å². The van der Waals surface area contributed by atoms with Crippen LogP contribution in [-0.2, 0) is 14.4 Å². The van der Waals surface area contributed by atoms with Crippen molar-refractivity contribution in [3.05, 3.63) is 46.2 Å². The number of aliphatic hydroxyl groups excluding tert-OH is 1. The predicted molar refractivity (Wildman–Crippen MR) is 136 cm³/mol. The van der Waals surface area contributed by atoms with Crippen molar-refractivity contribution in [2.45, 2.75) is 57.2 Å². The maximum Gasteiger partial charge on any atom is 0.270 e. The third-order valence-corrected chi connectivity index (χ3v) is 5.79. The largest absolute Gasteiger partial charge is 0.511 e. The minimum absolute atomic E-state index is 0.00528. The van der Waals surface area contributed by atoms with Gasteiger partial charge in [-0.05, 0) is 38.3 Å². The lowest BCUT2D eigenvalue weighted by Gasteiger charge is -2.26. The van der Waals surface area contributed by atoms with Gasteiger partial charge in [0, 0.05) is 18.6 Å². The van der Waals surface area contributed by atoms with Crippen LogP contribution in [0.4, 0.5) is 5.69 Å². The van der Waals surface area contributed by atoms with Crippen LogP contribution < -0.4 is 31.7 Å². The molecule has 7 N–H and O–H groups in total. The Morgan fingerprint density at radius 3 is 2.55 bits per heavy atom. The Kier molecular flexibility index (Phi) is 11.5. The van der Waals surface area contributed by atoms with Gasteiger partial charge in [0.15, 0.2) is 0 Å². The molecule has 0 saturated heterocycles. The molecule has 3 atom stereocenters. The topological polar surface area (TPSA) is 215 Å². The molecule has 1 heterocycles. The summed E-state index contributed by atoms with van der Waals surface area (Å²) in [6, 6.07) is 0.226. The highest BCUT2D eigenvalue weighted by Crippen LogP contribution is 2.25. The highest BCUT2D eigenvalue weighted by molar-refractivity contribution is 6.01. The normalized spacial score (nSPS) is 20.5. The SMILES string of the molecule is C=C(O)CNC(=O)C1CCOc2ccc([N+](=O)[O-])cc2C(=O)N[C@@H](CC)C(=O)NC(CCCCN)C(=O)N1. The van der Waals surface area contributed by atoms with E-state index >= 15 is 0 Å². The molecule has 1 aliphatic rings. The molecule has 14 heteroatoms. The summed E-state index contributed by atoms with van der Waals surface area (Å²) in [4.78, 5) is 62.6. The van der Waals surface area contributed by atoms with Crippen LogP contribution in [0.2, 0.25) is 0 Å². The summed E-state index contributed by atoms with van der Waals surface area (Å²) in [5.74, 6) is -2.97. The minimum Gasteiger partial charge on any atom is -0.511 e. The van der Waals surface area contributed by atoms with Gasteiger partial charge in [0.25, 0.3) is 11.6 Å². The van der Waals surface area contributed by atoms with E-state index in [1.54, 1.807) is 6.92 Å². The fourth-order valence-electron chi connectivity index (χ4n) is 3.70. The number of amides is 4. The van der Waals surface area contributed by atoms with E-state index in [2.05, 4.69) is 27.8 Å². The maximum absolute atomic E-state index is 13.1. The Balaban J connectivity index is 2.44.